The van der Waals surface area contributed by atoms with E-state index in [1.807, 2.05) is 13.8 Å². The van der Waals surface area contributed by atoms with E-state index in [-0.39, 0.29) is 52.8 Å². The Balaban J connectivity index is 1.54. The van der Waals surface area contributed by atoms with Crippen molar-refractivity contribution in [2.75, 3.05) is 6.61 Å². The van der Waals surface area contributed by atoms with Gasteiger partial charge in [-0.3, -0.25) is 4.79 Å². The summed E-state index contributed by atoms with van der Waals surface area (Å²) in [6.45, 7) is 10.4. The third-order valence-corrected chi connectivity index (χ3v) is 11.8. The lowest BCUT2D eigenvalue weighted by molar-refractivity contribution is -0.175. The van der Waals surface area contributed by atoms with Gasteiger partial charge in [-0.25, -0.2) is 0 Å². The van der Waals surface area contributed by atoms with E-state index in [0.717, 1.165) is 25.7 Å². The molecule has 0 amide bonds. The molecule has 4 aliphatic carbocycles. The van der Waals surface area contributed by atoms with E-state index in [1.54, 1.807) is 0 Å². The van der Waals surface area contributed by atoms with E-state index in [4.69, 9.17) is 0 Å². The van der Waals surface area contributed by atoms with E-state index in [2.05, 4.69) is 20.8 Å². The molecule has 1 unspecified atom stereocenters. The van der Waals surface area contributed by atoms with Gasteiger partial charge in [-0.05, 0) is 90.8 Å². The van der Waals surface area contributed by atoms with Crippen molar-refractivity contribution >= 4 is 5.78 Å². The van der Waals surface area contributed by atoms with E-state index >= 15 is 0 Å². The van der Waals surface area contributed by atoms with Crippen molar-refractivity contribution < 1.29 is 30.3 Å². The number of ketones is 1. The first-order chi connectivity index (χ1) is 15.9. The molecular weight excluding hydrogens is 432 g/mol. The SMILES string of the molecule is CC(CO)[C@H](C)[C@@H](O)[C@H](O)[C@@H](C)[C@H]1CC[C@H]2[C@@H]3CC(=O)[C@H]4C[C@H](O)[C@H](O)C[C@]4(C)[C@H]3CC[C@]12C. The average molecular weight is 481 g/mol. The zero-order valence-corrected chi connectivity index (χ0v) is 21.7. The highest BCUT2D eigenvalue weighted by atomic mass is 16.3. The molecule has 0 radical (unpaired) electrons. The van der Waals surface area contributed by atoms with Gasteiger partial charge in [0.1, 0.15) is 5.78 Å². The van der Waals surface area contributed by atoms with Crippen LogP contribution in [0.25, 0.3) is 0 Å². The largest absolute Gasteiger partial charge is 0.396 e. The van der Waals surface area contributed by atoms with Crippen LogP contribution in [-0.4, -0.2) is 62.3 Å². The molecule has 0 spiro atoms. The predicted octanol–water partition coefficient (Wildman–Crippen LogP) is 2.78. The second-order valence-corrected chi connectivity index (χ2v) is 13.3. The normalized spacial score (nSPS) is 48.8. The Kier molecular flexibility index (Phi) is 7.34. The molecule has 14 atom stereocenters. The van der Waals surface area contributed by atoms with Crippen LogP contribution in [0.15, 0.2) is 0 Å². The Morgan fingerprint density at radius 3 is 2.24 bits per heavy atom. The Bertz CT molecular complexity index is 757. The van der Waals surface area contributed by atoms with E-state index in [9.17, 15) is 30.3 Å². The van der Waals surface area contributed by atoms with Gasteiger partial charge in [-0.1, -0.05) is 34.6 Å². The van der Waals surface area contributed by atoms with Gasteiger partial charge in [-0.15, -0.1) is 0 Å². The van der Waals surface area contributed by atoms with Gasteiger partial charge in [0.25, 0.3) is 0 Å². The Morgan fingerprint density at radius 2 is 1.59 bits per heavy atom. The van der Waals surface area contributed by atoms with E-state index < -0.39 is 24.4 Å². The molecule has 6 heteroatoms. The number of hydrogen-bond acceptors (Lipinski definition) is 6. The molecule has 0 heterocycles. The van der Waals surface area contributed by atoms with Crippen molar-refractivity contribution in [3.05, 3.63) is 0 Å². The number of fused-ring (bicyclic) bond motifs is 5. The van der Waals surface area contributed by atoms with Crippen molar-refractivity contribution in [2.45, 2.75) is 104 Å². The average Bonchev–Trinajstić information content (AvgIpc) is 3.15. The second-order valence-electron chi connectivity index (χ2n) is 13.3. The van der Waals surface area contributed by atoms with Crippen LogP contribution in [0.5, 0.6) is 0 Å². The molecule has 0 saturated heterocycles. The molecule has 4 fully saturated rings. The van der Waals surface area contributed by atoms with Crippen molar-refractivity contribution in [2.24, 2.45) is 58.2 Å². The van der Waals surface area contributed by atoms with Crippen molar-refractivity contribution in [3.8, 4) is 0 Å². The highest BCUT2D eigenvalue weighted by molar-refractivity contribution is 5.83. The number of carbonyl (C=O) groups excluding carboxylic acids is 1. The summed E-state index contributed by atoms with van der Waals surface area (Å²) >= 11 is 0. The van der Waals surface area contributed by atoms with Crippen LogP contribution >= 0.6 is 0 Å². The highest BCUT2D eigenvalue weighted by Crippen LogP contribution is 2.67. The van der Waals surface area contributed by atoms with Crippen LogP contribution in [0.1, 0.15) is 79.6 Å². The molecule has 0 aromatic heterocycles. The topological polar surface area (TPSA) is 118 Å². The van der Waals surface area contributed by atoms with Crippen LogP contribution in [-0.2, 0) is 4.79 Å². The maximum Gasteiger partial charge on any atom is 0.136 e. The minimum absolute atomic E-state index is 0.00880. The summed E-state index contributed by atoms with van der Waals surface area (Å²) in [4.78, 5) is 13.3. The minimum atomic E-state index is -0.873. The quantitative estimate of drug-likeness (QED) is 0.399. The summed E-state index contributed by atoms with van der Waals surface area (Å²) in [6, 6.07) is 0. The molecule has 196 valence electrons. The number of hydrogen-bond donors (Lipinski definition) is 5. The first kappa shape index (κ1) is 26.5. The maximum atomic E-state index is 13.3. The lowest BCUT2D eigenvalue weighted by atomic mass is 9.44. The number of aliphatic hydroxyl groups excluding tert-OH is 5. The summed E-state index contributed by atoms with van der Waals surface area (Å²) in [5.74, 6) is 1.13. The smallest absolute Gasteiger partial charge is 0.136 e. The molecule has 4 saturated carbocycles. The molecule has 34 heavy (non-hydrogen) atoms. The van der Waals surface area contributed by atoms with Crippen LogP contribution in [0.2, 0.25) is 0 Å². The summed E-state index contributed by atoms with van der Waals surface area (Å²) in [7, 11) is 0. The monoisotopic (exact) mass is 480 g/mol. The Hall–Kier alpha value is -0.530. The number of aliphatic hydroxyl groups is 5. The molecule has 0 aliphatic heterocycles. The van der Waals surface area contributed by atoms with Gasteiger partial charge in [0.2, 0.25) is 0 Å². The van der Waals surface area contributed by atoms with Crippen LogP contribution < -0.4 is 0 Å². The van der Waals surface area contributed by atoms with Crippen LogP contribution in [0, 0.1) is 58.2 Å². The number of Topliss-reactive ketones (excluding diaryl/α,β-unsaturated/α-hetero) is 1. The lowest BCUT2D eigenvalue weighted by Crippen LogP contribution is -2.59. The van der Waals surface area contributed by atoms with Gasteiger partial charge in [0, 0.05) is 18.9 Å². The fourth-order valence-electron chi connectivity index (χ4n) is 9.34. The minimum Gasteiger partial charge on any atom is -0.396 e. The molecule has 0 aromatic carbocycles. The predicted molar refractivity (Wildman–Crippen MR) is 130 cm³/mol. The summed E-state index contributed by atoms with van der Waals surface area (Å²) < 4.78 is 0. The fourth-order valence-corrected chi connectivity index (χ4v) is 9.34. The molecular formula is C28H48O6. The van der Waals surface area contributed by atoms with Gasteiger partial charge in [0.05, 0.1) is 24.4 Å². The molecule has 0 bridgehead atoms. The summed E-state index contributed by atoms with van der Waals surface area (Å²) in [6.07, 6.45) is 2.28. The van der Waals surface area contributed by atoms with Gasteiger partial charge in [-0.2, -0.15) is 0 Å². The van der Waals surface area contributed by atoms with Crippen LogP contribution in [0.3, 0.4) is 0 Å². The maximum absolute atomic E-state index is 13.3. The van der Waals surface area contributed by atoms with Gasteiger partial charge in [0.15, 0.2) is 0 Å². The molecule has 5 N–H and O–H groups in total. The number of carbonyl (C=O) groups is 1. The standard InChI is InChI=1S/C28H48O6/c1-14(13-29)15(2)25(33)26(34)16(3)18-6-7-19-17-10-22(30)21-11-23(31)24(32)12-28(21,5)20(17)8-9-27(18,19)4/h14-21,23-26,29,31-34H,6-13H2,1-5H3/t14?,15-,16-,17-,18+,19-,20-,21+,23-,24+,25+,26+,27+,28+/m0/s1. The number of rotatable bonds is 6. The fraction of sp³-hybridized carbons (Fsp3) is 0.964. The van der Waals surface area contributed by atoms with Gasteiger partial charge < -0.3 is 25.5 Å². The van der Waals surface area contributed by atoms with E-state index in [0.29, 0.717) is 37.0 Å². The first-order valence-electron chi connectivity index (χ1n) is 13.7. The van der Waals surface area contributed by atoms with Gasteiger partial charge >= 0.3 is 0 Å². The summed E-state index contributed by atoms with van der Waals surface area (Å²) in [5, 5.41) is 52.3. The summed E-state index contributed by atoms with van der Waals surface area (Å²) in [5.41, 5.74) is -0.237. The van der Waals surface area contributed by atoms with E-state index in [1.165, 1.54) is 0 Å². The lowest BCUT2D eigenvalue weighted by Gasteiger charge is -2.61. The molecule has 0 aromatic rings. The first-order valence-corrected chi connectivity index (χ1v) is 13.7. The Labute approximate surface area is 205 Å². The second kappa shape index (κ2) is 9.41. The zero-order valence-electron chi connectivity index (χ0n) is 21.7. The highest BCUT2D eigenvalue weighted by Gasteiger charge is 2.63. The van der Waals surface area contributed by atoms with Crippen molar-refractivity contribution in [3.63, 3.8) is 0 Å². The van der Waals surface area contributed by atoms with Crippen LogP contribution in [0.4, 0.5) is 0 Å². The third kappa shape index (κ3) is 4.00. The van der Waals surface area contributed by atoms with Crippen molar-refractivity contribution in [1.82, 2.24) is 0 Å². The molecule has 4 aliphatic rings. The van der Waals surface area contributed by atoms with Crippen molar-refractivity contribution in [1.29, 1.82) is 0 Å². The molecule has 4 rings (SSSR count). The zero-order chi connectivity index (χ0) is 25.2. The molecule has 6 nitrogen and oxygen atoms in total. The Morgan fingerprint density at radius 1 is 0.941 bits per heavy atom. The third-order valence-electron chi connectivity index (χ3n) is 11.8.